The summed E-state index contributed by atoms with van der Waals surface area (Å²) in [5.74, 6) is 0.123. The fourth-order valence-corrected chi connectivity index (χ4v) is 2.01. The Hall–Kier alpha value is -1.35. The van der Waals surface area contributed by atoms with Gasteiger partial charge in [0.2, 0.25) is 5.91 Å². The van der Waals surface area contributed by atoms with Crippen molar-refractivity contribution < 1.29 is 4.79 Å². The average molecular weight is 260 g/mol. The van der Waals surface area contributed by atoms with Gasteiger partial charge in [0.25, 0.3) is 0 Å². The van der Waals surface area contributed by atoms with Crippen molar-refractivity contribution in [2.75, 3.05) is 5.32 Å². The van der Waals surface area contributed by atoms with Crippen LogP contribution < -0.4 is 10.6 Å². The Labute approximate surface area is 115 Å². The molecule has 1 aliphatic carbocycles. The largest absolute Gasteiger partial charge is 0.326 e. The van der Waals surface area contributed by atoms with Gasteiger partial charge in [0.15, 0.2) is 0 Å². The van der Waals surface area contributed by atoms with Gasteiger partial charge >= 0.3 is 0 Å². The quantitative estimate of drug-likeness (QED) is 0.703. The molecular formula is C16H24N2O. The zero-order valence-corrected chi connectivity index (χ0v) is 11.7. The molecular weight excluding hydrogens is 236 g/mol. The first kappa shape index (κ1) is 14.1. The number of amides is 1. The molecule has 1 aliphatic rings. The SMILES string of the molecule is CCCCCC(=O)Nc1ccc(CNC2CC2)cc1. The molecule has 1 saturated carbocycles. The van der Waals surface area contributed by atoms with Crippen LogP contribution in [-0.2, 0) is 11.3 Å². The van der Waals surface area contributed by atoms with Gasteiger partial charge in [-0.05, 0) is 37.0 Å². The minimum Gasteiger partial charge on any atom is -0.326 e. The highest BCUT2D eigenvalue weighted by molar-refractivity contribution is 5.90. The Kier molecular flexibility index (Phi) is 5.40. The molecule has 1 fully saturated rings. The maximum Gasteiger partial charge on any atom is 0.224 e. The van der Waals surface area contributed by atoms with Gasteiger partial charge in [0, 0.05) is 24.7 Å². The summed E-state index contributed by atoms with van der Waals surface area (Å²) in [5, 5.41) is 6.43. The van der Waals surface area contributed by atoms with Crippen molar-refractivity contribution >= 4 is 11.6 Å². The van der Waals surface area contributed by atoms with Gasteiger partial charge < -0.3 is 10.6 Å². The predicted molar refractivity (Wildman–Crippen MR) is 79.1 cm³/mol. The summed E-state index contributed by atoms with van der Waals surface area (Å²) in [7, 11) is 0. The van der Waals surface area contributed by atoms with Crippen LogP contribution in [-0.4, -0.2) is 11.9 Å². The zero-order chi connectivity index (χ0) is 13.5. The summed E-state index contributed by atoms with van der Waals surface area (Å²) in [6, 6.07) is 8.87. The van der Waals surface area contributed by atoms with E-state index in [1.165, 1.54) is 18.4 Å². The molecule has 0 aromatic heterocycles. The lowest BCUT2D eigenvalue weighted by Gasteiger charge is -2.07. The number of rotatable bonds is 8. The number of carbonyl (C=O) groups excluding carboxylic acids is 1. The van der Waals surface area contributed by atoms with Gasteiger partial charge in [-0.15, -0.1) is 0 Å². The molecule has 2 rings (SSSR count). The molecule has 3 heteroatoms. The first-order valence-corrected chi connectivity index (χ1v) is 7.40. The summed E-state index contributed by atoms with van der Waals surface area (Å²) in [5.41, 5.74) is 2.17. The van der Waals surface area contributed by atoms with E-state index in [0.29, 0.717) is 6.42 Å². The normalized spacial score (nSPS) is 14.4. The van der Waals surface area contributed by atoms with Crippen LogP contribution in [0, 0.1) is 0 Å². The molecule has 104 valence electrons. The van der Waals surface area contributed by atoms with Crippen LogP contribution in [0.25, 0.3) is 0 Å². The maximum absolute atomic E-state index is 11.7. The smallest absolute Gasteiger partial charge is 0.224 e. The standard InChI is InChI=1S/C16H24N2O/c1-2-3-4-5-16(19)18-15-8-6-13(7-9-15)12-17-14-10-11-14/h6-9,14,17H,2-5,10-12H2,1H3,(H,18,19). The van der Waals surface area contributed by atoms with Crippen LogP contribution in [0.4, 0.5) is 5.69 Å². The van der Waals surface area contributed by atoms with Crippen molar-refractivity contribution in [2.45, 2.75) is 58.0 Å². The maximum atomic E-state index is 11.7. The number of hydrogen-bond donors (Lipinski definition) is 2. The number of anilines is 1. The lowest BCUT2D eigenvalue weighted by atomic mass is 10.2. The number of hydrogen-bond acceptors (Lipinski definition) is 2. The minimum atomic E-state index is 0.123. The molecule has 0 spiro atoms. The van der Waals surface area contributed by atoms with Gasteiger partial charge in [-0.1, -0.05) is 31.9 Å². The van der Waals surface area contributed by atoms with Gasteiger partial charge in [0.1, 0.15) is 0 Å². The fraction of sp³-hybridized carbons (Fsp3) is 0.562. The second-order valence-corrected chi connectivity index (χ2v) is 5.36. The van der Waals surface area contributed by atoms with Gasteiger partial charge in [-0.25, -0.2) is 0 Å². The Morgan fingerprint density at radius 1 is 1.21 bits per heavy atom. The highest BCUT2D eigenvalue weighted by Crippen LogP contribution is 2.19. The van der Waals surface area contributed by atoms with E-state index in [4.69, 9.17) is 0 Å². The second kappa shape index (κ2) is 7.29. The Balaban J connectivity index is 1.72. The van der Waals surface area contributed by atoms with Crippen molar-refractivity contribution in [1.82, 2.24) is 5.32 Å². The Morgan fingerprint density at radius 3 is 2.58 bits per heavy atom. The second-order valence-electron chi connectivity index (χ2n) is 5.36. The lowest BCUT2D eigenvalue weighted by molar-refractivity contribution is -0.116. The summed E-state index contributed by atoms with van der Waals surface area (Å²) in [6.07, 6.45) is 6.50. The average Bonchev–Trinajstić information content (AvgIpc) is 3.22. The van der Waals surface area contributed by atoms with Crippen molar-refractivity contribution in [1.29, 1.82) is 0 Å². The molecule has 19 heavy (non-hydrogen) atoms. The Morgan fingerprint density at radius 2 is 1.95 bits per heavy atom. The molecule has 1 aromatic carbocycles. The van der Waals surface area contributed by atoms with Crippen LogP contribution in [0.2, 0.25) is 0 Å². The highest BCUT2D eigenvalue weighted by Gasteiger charge is 2.19. The zero-order valence-electron chi connectivity index (χ0n) is 11.7. The van der Waals surface area contributed by atoms with Crippen LogP contribution >= 0.6 is 0 Å². The third-order valence-electron chi connectivity index (χ3n) is 3.42. The van der Waals surface area contributed by atoms with Crippen molar-refractivity contribution in [3.05, 3.63) is 29.8 Å². The lowest BCUT2D eigenvalue weighted by Crippen LogP contribution is -2.15. The van der Waals surface area contributed by atoms with Crippen molar-refractivity contribution in [3.63, 3.8) is 0 Å². The van der Waals surface area contributed by atoms with E-state index in [1.54, 1.807) is 0 Å². The third kappa shape index (κ3) is 5.43. The van der Waals surface area contributed by atoms with E-state index in [0.717, 1.165) is 37.5 Å². The van der Waals surface area contributed by atoms with Crippen LogP contribution in [0.15, 0.2) is 24.3 Å². The molecule has 3 nitrogen and oxygen atoms in total. The molecule has 0 radical (unpaired) electrons. The monoisotopic (exact) mass is 260 g/mol. The molecule has 0 unspecified atom stereocenters. The molecule has 1 amide bonds. The molecule has 2 N–H and O–H groups in total. The van der Waals surface area contributed by atoms with Gasteiger partial charge in [0.05, 0.1) is 0 Å². The number of benzene rings is 1. The van der Waals surface area contributed by atoms with E-state index in [9.17, 15) is 4.79 Å². The van der Waals surface area contributed by atoms with Crippen molar-refractivity contribution in [3.8, 4) is 0 Å². The van der Waals surface area contributed by atoms with Crippen LogP contribution in [0.5, 0.6) is 0 Å². The number of unbranched alkanes of at least 4 members (excludes halogenated alkanes) is 2. The molecule has 0 atom stereocenters. The van der Waals surface area contributed by atoms with E-state index in [2.05, 4.69) is 29.7 Å². The summed E-state index contributed by atoms with van der Waals surface area (Å²) in [4.78, 5) is 11.7. The summed E-state index contributed by atoms with van der Waals surface area (Å²) >= 11 is 0. The highest BCUT2D eigenvalue weighted by atomic mass is 16.1. The topological polar surface area (TPSA) is 41.1 Å². The van der Waals surface area contributed by atoms with Crippen molar-refractivity contribution in [2.24, 2.45) is 0 Å². The van der Waals surface area contributed by atoms with Gasteiger partial charge in [-0.2, -0.15) is 0 Å². The van der Waals surface area contributed by atoms with E-state index in [-0.39, 0.29) is 5.91 Å². The molecule has 0 heterocycles. The summed E-state index contributed by atoms with van der Waals surface area (Å²) in [6.45, 7) is 3.07. The minimum absolute atomic E-state index is 0.123. The first-order chi connectivity index (χ1) is 9.28. The summed E-state index contributed by atoms with van der Waals surface area (Å²) < 4.78 is 0. The predicted octanol–water partition coefficient (Wildman–Crippen LogP) is 3.46. The van der Waals surface area contributed by atoms with E-state index >= 15 is 0 Å². The van der Waals surface area contributed by atoms with Crippen LogP contribution in [0.3, 0.4) is 0 Å². The Bertz CT molecular complexity index is 396. The number of nitrogens with one attached hydrogen (secondary N) is 2. The van der Waals surface area contributed by atoms with E-state index in [1.807, 2.05) is 12.1 Å². The molecule has 0 saturated heterocycles. The fourth-order valence-electron chi connectivity index (χ4n) is 2.01. The number of carbonyl (C=O) groups is 1. The third-order valence-corrected chi connectivity index (χ3v) is 3.42. The van der Waals surface area contributed by atoms with Crippen LogP contribution in [0.1, 0.15) is 51.0 Å². The van der Waals surface area contributed by atoms with Gasteiger partial charge in [-0.3, -0.25) is 4.79 Å². The first-order valence-electron chi connectivity index (χ1n) is 7.40. The molecule has 1 aromatic rings. The molecule has 0 aliphatic heterocycles. The van der Waals surface area contributed by atoms with E-state index < -0.39 is 0 Å². The molecule has 0 bridgehead atoms.